The predicted molar refractivity (Wildman–Crippen MR) is 48.4 cm³/mol. The molecule has 0 aliphatic carbocycles. The van der Waals surface area contributed by atoms with Crippen LogP contribution in [0.5, 0.6) is 0 Å². The zero-order chi connectivity index (χ0) is 10.3. The van der Waals surface area contributed by atoms with E-state index in [1.807, 2.05) is 0 Å². The highest BCUT2D eigenvalue weighted by Crippen LogP contribution is 2.27. The van der Waals surface area contributed by atoms with Crippen molar-refractivity contribution >= 4 is 17.5 Å². The number of aromatic nitrogens is 2. The van der Waals surface area contributed by atoms with Gasteiger partial charge in [-0.1, -0.05) is 11.8 Å². The van der Waals surface area contributed by atoms with Crippen LogP contribution in [0.15, 0.2) is 23.2 Å². The first-order valence-corrected chi connectivity index (χ1v) is 3.83. The molecule has 14 heavy (non-hydrogen) atoms. The lowest BCUT2D eigenvalue weighted by Crippen LogP contribution is -2.17. The summed E-state index contributed by atoms with van der Waals surface area (Å²) in [7, 11) is 1.69. The smallest absolute Gasteiger partial charge is 0.271 e. The molecule has 7 heteroatoms. The van der Waals surface area contributed by atoms with Crippen molar-refractivity contribution in [2.24, 2.45) is 16.1 Å². The molecule has 0 saturated heterocycles. The molecule has 0 bridgehead atoms. The molecule has 0 aromatic carbocycles. The number of amides is 1. The lowest BCUT2D eigenvalue weighted by Gasteiger charge is -2.19. The average molecular weight is 192 g/mol. The monoisotopic (exact) mass is 192 g/mol. The molecule has 0 fully saturated rings. The zero-order valence-corrected chi connectivity index (χ0v) is 7.51. The molecular formula is C7H8N6O. The number of fused-ring (bicyclic) bond motifs is 1. The first kappa shape index (κ1) is 8.42. The zero-order valence-electron chi connectivity index (χ0n) is 7.51. The number of primary amides is 1. The molecule has 2 heterocycles. The van der Waals surface area contributed by atoms with Gasteiger partial charge in [0.15, 0.2) is 11.5 Å². The van der Waals surface area contributed by atoms with Crippen LogP contribution < -0.4 is 5.73 Å². The second-order valence-electron chi connectivity index (χ2n) is 2.78. The van der Waals surface area contributed by atoms with E-state index in [2.05, 4.69) is 21.9 Å². The van der Waals surface area contributed by atoms with Gasteiger partial charge in [0.05, 0.1) is 0 Å². The first-order chi connectivity index (χ1) is 6.61. The van der Waals surface area contributed by atoms with Crippen LogP contribution in [-0.2, 0) is 0 Å². The fourth-order valence-corrected chi connectivity index (χ4v) is 1.12. The maximum absolute atomic E-state index is 10.9. The van der Waals surface area contributed by atoms with E-state index in [1.54, 1.807) is 11.6 Å². The molecule has 72 valence electrons. The van der Waals surface area contributed by atoms with Gasteiger partial charge in [0.25, 0.3) is 5.91 Å². The average Bonchev–Trinajstić information content (AvgIpc) is 2.55. The first-order valence-electron chi connectivity index (χ1n) is 3.83. The minimum Gasteiger partial charge on any atom is -0.364 e. The van der Waals surface area contributed by atoms with E-state index in [-0.39, 0.29) is 5.69 Å². The van der Waals surface area contributed by atoms with E-state index < -0.39 is 5.91 Å². The highest BCUT2D eigenvalue weighted by Gasteiger charge is 2.21. The summed E-state index contributed by atoms with van der Waals surface area (Å²) in [6.07, 6.45) is 1.44. The van der Waals surface area contributed by atoms with Crippen LogP contribution in [0, 0.1) is 0 Å². The summed E-state index contributed by atoms with van der Waals surface area (Å²) in [5.41, 5.74) is 5.20. The standard InChI is InChI=1S/C7H8N6O/c1-4-12(2)11-10-7-5(6(8)14)9-3-13(4)7/h3H,1H2,2H3,(H2,8,14). The lowest BCUT2D eigenvalue weighted by molar-refractivity contribution is 0.0996. The van der Waals surface area contributed by atoms with Gasteiger partial charge in [-0.05, 0) is 0 Å². The van der Waals surface area contributed by atoms with Crippen LogP contribution in [0.2, 0.25) is 0 Å². The van der Waals surface area contributed by atoms with Gasteiger partial charge >= 0.3 is 0 Å². The summed E-state index contributed by atoms with van der Waals surface area (Å²) >= 11 is 0. The minimum atomic E-state index is -0.630. The Hall–Kier alpha value is -2.18. The molecule has 7 nitrogen and oxygen atoms in total. The van der Waals surface area contributed by atoms with Gasteiger partial charge in [-0.15, -0.1) is 5.11 Å². The minimum absolute atomic E-state index is 0.100. The number of hydrogen-bond donors (Lipinski definition) is 1. The van der Waals surface area contributed by atoms with Crippen molar-refractivity contribution in [2.75, 3.05) is 7.05 Å². The summed E-state index contributed by atoms with van der Waals surface area (Å²) < 4.78 is 1.55. The van der Waals surface area contributed by atoms with E-state index in [9.17, 15) is 4.79 Å². The van der Waals surface area contributed by atoms with Crippen molar-refractivity contribution in [3.05, 3.63) is 18.6 Å². The Kier molecular flexibility index (Phi) is 1.60. The van der Waals surface area contributed by atoms with Crippen LogP contribution in [0.25, 0.3) is 5.82 Å². The molecule has 1 amide bonds. The molecule has 0 spiro atoms. The van der Waals surface area contributed by atoms with Crippen molar-refractivity contribution < 1.29 is 4.79 Å². The predicted octanol–water partition coefficient (Wildman–Crippen LogP) is 0.354. The topological polar surface area (TPSA) is 88.9 Å². The molecule has 1 aromatic heterocycles. The Morgan fingerprint density at radius 1 is 1.64 bits per heavy atom. The van der Waals surface area contributed by atoms with Crippen molar-refractivity contribution in [1.82, 2.24) is 14.6 Å². The summed E-state index contributed by atoms with van der Waals surface area (Å²) in [4.78, 5) is 14.8. The third-order valence-corrected chi connectivity index (χ3v) is 1.90. The van der Waals surface area contributed by atoms with Crippen LogP contribution in [0.4, 0.5) is 5.82 Å². The molecule has 0 unspecified atom stereocenters. The molecule has 2 rings (SSSR count). The van der Waals surface area contributed by atoms with Gasteiger partial charge in [-0.25, -0.2) is 9.99 Å². The highest BCUT2D eigenvalue weighted by molar-refractivity contribution is 5.95. The van der Waals surface area contributed by atoms with Gasteiger partial charge in [0.2, 0.25) is 0 Å². The van der Waals surface area contributed by atoms with Gasteiger partial charge in [-0.2, -0.15) is 0 Å². The van der Waals surface area contributed by atoms with Gasteiger partial charge in [0.1, 0.15) is 12.1 Å². The van der Waals surface area contributed by atoms with Crippen molar-refractivity contribution in [1.29, 1.82) is 0 Å². The summed E-state index contributed by atoms with van der Waals surface area (Å²) in [6, 6.07) is 0. The molecular weight excluding hydrogens is 184 g/mol. The number of imidazole rings is 1. The lowest BCUT2D eigenvalue weighted by atomic mass is 10.4. The fourth-order valence-electron chi connectivity index (χ4n) is 1.12. The number of nitrogens with zero attached hydrogens (tertiary/aromatic N) is 5. The van der Waals surface area contributed by atoms with Crippen LogP contribution in [0.1, 0.15) is 10.5 Å². The van der Waals surface area contributed by atoms with E-state index in [4.69, 9.17) is 5.73 Å². The summed E-state index contributed by atoms with van der Waals surface area (Å²) in [5, 5.41) is 9.02. The Labute approximate surface area is 79.5 Å². The van der Waals surface area contributed by atoms with Crippen LogP contribution >= 0.6 is 0 Å². The van der Waals surface area contributed by atoms with Gasteiger partial charge in [-0.3, -0.25) is 9.36 Å². The molecule has 1 aromatic rings. The van der Waals surface area contributed by atoms with Crippen LogP contribution in [0.3, 0.4) is 0 Å². The Morgan fingerprint density at radius 2 is 2.36 bits per heavy atom. The third-order valence-electron chi connectivity index (χ3n) is 1.90. The second kappa shape index (κ2) is 2.66. The highest BCUT2D eigenvalue weighted by atomic mass is 16.1. The SMILES string of the molecule is C=C1N(C)N=Nc2c(C(N)=O)ncn21. The molecule has 1 aliphatic rings. The molecule has 1 aliphatic heterocycles. The second-order valence-corrected chi connectivity index (χ2v) is 2.78. The summed E-state index contributed by atoms with van der Waals surface area (Å²) in [5.74, 6) is 0.255. The van der Waals surface area contributed by atoms with Crippen molar-refractivity contribution in [3.63, 3.8) is 0 Å². The van der Waals surface area contributed by atoms with E-state index in [1.165, 1.54) is 11.3 Å². The maximum Gasteiger partial charge on any atom is 0.271 e. The number of nitrogens with two attached hydrogens (primary N) is 1. The largest absolute Gasteiger partial charge is 0.364 e. The quantitative estimate of drug-likeness (QED) is 0.696. The molecule has 0 atom stereocenters. The van der Waals surface area contributed by atoms with Gasteiger partial charge in [0, 0.05) is 7.05 Å². The maximum atomic E-state index is 10.9. The molecule has 2 N–H and O–H groups in total. The van der Waals surface area contributed by atoms with E-state index >= 15 is 0 Å². The van der Waals surface area contributed by atoms with Crippen molar-refractivity contribution in [2.45, 2.75) is 0 Å². The van der Waals surface area contributed by atoms with E-state index in [0.29, 0.717) is 11.6 Å². The Bertz CT molecular complexity index is 445. The summed E-state index contributed by atoms with van der Waals surface area (Å²) in [6.45, 7) is 3.75. The third kappa shape index (κ3) is 0.987. The number of carbonyl (C=O) groups excluding carboxylic acids is 1. The number of hydrogen-bond acceptors (Lipinski definition) is 5. The van der Waals surface area contributed by atoms with Crippen LogP contribution in [-0.4, -0.2) is 27.5 Å². The molecule has 0 radical (unpaired) electrons. The van der Waals surface area contributed by atoms with Crippen molar-refractivity contribution in [3.8, 4) is 0 Å². The van der Waals surface area contributed by atoms with E-state index in [0.717, 1.165) is 0 Å². The Balaban J connectivity index is 2.59. The van der Waals surface area contributed by atoms with Gasteiger partial charge < -0.3 is 5.73 Å². The normalized spacial score (nSPS) is 14.4. The fraction of sp³-hybridized carbons (Fsp3) is 0.143. The molecule has 0 saturated carbocycles. The number of carbonyl (C=O) groups is 1. The number of rotatable bonds is 1. The Morgan fingerprint density at radius 3 is 3.00 bits per heavy atom.